The molecule has 300 valence electrons. The molecule has 2 N–H and O–H groups in total. The summed E-state index contributed by atoms with van der Waals surface area (Å²) in [5.74, 6) is 2.59. The number of hydrogen-bond acceptors (Lipinski definition) is 13. The third kappa shape index (κ3) is 10.7. The number of benzene rings is 4. The van der Waals surface area contributed by atoms with Gasteiger partial charge < -0.3 is 25.0 Å². The lowest BCUT2D eigenvalue weighted by molar-refractivity contribution is 0.479. The molecule has 13 nitrogen and oxygen atoms in total. The lowest BCUT2D eigenvalue weighted by atomic mass is 10.1. The first-order chi connectivity index (χ1) is 27.2. The maximum Gasteiger partial charge on any atom is 0.232 e. The number of ether oxygens (including phenoxy) is 2. The predicted molar refractivity (Wildman–Crippen MR) is 220 cm³/mol. The summed E-state index contributed by atoms with van der Waals surface area (Å²) in [6.45, 7) is 6.68. The van der Waals surface area contributed by atoms with Crippen LogP contribution in [0.5, 0.6) is 23.0 Å². The molecule has 4 aliphatic rings. The number of aliphatic imine (C=N–C) groups is 4. The normalized spacial score (nSPS) is 14.8. The quantitative estimate of drug-likeness (QED) is 0.125. The molecule has 4 aromatic rings. The van der Waals surface area contributed by atoms with E-state index in [4.69, 9.17) is 25.9 Å². The number of nitrogens with two attached hydrogens (primary N) is 1. The first-order valence-electron chi connectivity index (χ1n) is 18.0. The van der Waals surface area contributed by atoms with Crippen LogP contribution in [0.4, 0.5) is 25.8 Å². The number of rotatable bonds is 10. The summed E-state index contributed by atoms with van der Waals surface area (Å²) in [4.78, 5) is 21.8. The van der Waals surface area contributed by atoms with Gasteiger partial charge in [-0.25, -0.2) is 35.6 Å². The molecule has 0 saturated heterocycles. The molecule has 0 amide bonds. The predicted octanol–water partition coefficient (Wildman–Crippen LogP) is 7.58. The molecule has 0 aliphatic carbocycles. The highest BCUT2D eigenvalue weighted by molar-refractivity contribution is 8.13. The smallest absolute Gasteiger partial charge is 0.232 e. The zero-order valence-corrected chi connectivity index (χ0v) is 33.5. The molecule has 0 fully saturated rings. The van der Waals surface area contributed by atoms with Crippen molar-refractivity contribution in [3.8, 4) is 23.0 Å². The van der Waals surface area contributed by atoms with Gasteiger partial charge in [-0.3, -0.25) is 9.98 Å². The largest absolute Gasteiger partial charge is 0.457 e. The maximum absolute atomic E-state index is 14.1. The minimum absolute atomic E-state index is 0.0292. The van der Waals surface area contributed by atoms with Crippen LogP contribution in [0.2, 0.25) is 0 Å². The van der Waals surface area contributed by atoms with Crippen molar-refractivity contribution in [2.45, 2.75) is 32.4 Å². The van der Waals surface area contributed by atoms with E-state index in [9.17, 15) is 25.6 Å². The van der Waals surface area contributed by atoms with Gasteiger partial charge in [0.1, 0.15) is 46.3 Å². The van der Waals surface area contributed by atoms with Gasteiger partial charge in [-0.15, -0.1) is 0 Å². The Balaban J connectivity index is 0.000000169. The standard InChI is InChI=1S/C20H20FN3O3S.C16H13FN4O.C3H7ClO2S/c1-2-9-28(25,26)12-14-10-15(3-5-18(14)21)27-16-4-6-19-17(11-16)20-22-7-8-24(20)13-23-19;17-13-3-1-11(8-14(13)18)22-10-2-4-15-12(7-10)16-19-5-6-21(16)9-20-15;1-2-3-7(4,5)6/h3-6,10-11,13H,2,7-9,12H2,1H3;1-4,7-9H,5-6,18H2;2-3H2,1H3. The average molecular weight is 840 g/mol. The molecule has 4 aromatic carbocycles. The number of fused-ring (bicyclic) bond motifs is 6. The number of halogens is 3. The lowest BCUT2D eigenvalue weighted by Gasteiger charge is -2.21. The Morgan fingerprint density at radius 3 is 1.63 bits per heavy atom. The molecule has 0 atom stereocenters. The molecule has 18 heteroatoms. The summed E-state index contributed by atoms with van der Waals surface area (Å²) in [5.41, 5.74) is 9.22. The Morgan fingerprint density at radius 2 is 1.16 bits per heavy atom. The van der Waals surface area contributed by atoms with Crippen LogP contribution in [0, 0.1) is 11.6 Å². The van der Waals surface area contributed by atoms with E-state index in [1.54, 1.807) is 38.7 Å². The van der Waals surface area contributed by atoms with Gasteiger partial charge >= 0.3 is 0 Å². The van der Waals surface area contributed by atoms with Crippen molar-refractivity contribution in [3.63, 3.8) is 0 Å². The van der Waals surface area contributed by atoms with Crippen molar-refractivity contribution in [2.75, 3.05) is 43.4 Å². The zero-order chi connectivity index (χ0) is 40.7. The summed E-state index contributed by atoms with van der Waals surface area (Å²) < 4.78 is 83.0. The third-order valence-electron chi connectivity index (χ3n) is 8.63. The molecular weight excluding hydrogens is 800 g/mol. The summed E-state index contributed by atoms with van der Waals surface area (Å²) >= 11 is 0. The average Bonchev–Trinajstić information content (AvgIpc) is 3.85. The van der Waals surface area contributed by atoms with E-state index in [2.05, 4.69) is 20.0 Å². The number of sulfone groups is 1. The van der Waals surface area contributed by atoms with Crippen LogP contribution < -0.4 is 15.2 Å². The van der Waals surface area contributed by atoms with Crippen molar-refractivity contribution in [1.29, 1.82) is 0 Å². The van der Waals surface area contributed by atoms with Crippen LogP contribution >= 0.6 is 10.7 Å². The molecule has 4 heterocycles. The second-order valence-electron chi connectivity index (χ2n) is 13.1. The van der Waals surface area contributed by atoms with Gasteiger partial charge in [0.25, 0.3) is 0 Å². The molecule has 8 rings (SSSR count). The van der Waals surface area contributed by atoms with E-state index in [-0.39, 0.29) is 28.5 Å². The molecule has 0 spiro atoms. The lowest BCUT2D eigenvalue weighted by Crippen LogP contribution is -2.29. The number of amidine groups is 2. The zero-order valence-electron chi connectivity index (χ0n) is 31.1. The molecule has 4 aliphatic heterocycles. The van der Waals surface area contributed by atoms with Crippen molar-refractivity contribution >= 4 is 71.0 Å². The topological polar surface area (TPSA) is 169 Å². The van der Waals surface area contributed by atoms with Crippen LogP contribution in [0.25, 0.3) is 0 Å². The van der Waals surface area contributed by atoms with Gasteiger partial charge in [-0.1, -0.05) is 13.8 Å². The number of nitrogens with zero attached hydrogens (tertiary/aromatic N) is 6. The second kappa shape index (κ2) is 17.8. The van der Waals surface area contributed by atoms with Crippen LogP contribution in [-0.2, 0) is 24.6 Å². The van der Waals surface area contributed by atoms with Gasteiger partial charge in [0.15, 0.2) is 9.84 Å². The van der Waals surface area contributed by atoms with Crippen LogP contribution in [-0.4, -0.2) is 88.7 Å². The van der Waals surface area contributed by atoms with Crippen LogP contribution in [0.3, 0.4) is 0 Å². The Kier molecular flexibility index (Phi) is 12.9. The maximum atomic E-state index is 14.1. The minimum Gasteiger partial charge on any atom is -0.457 e. The van der Waals surface area contributed by atoms with Gasteiger partial charge in [0.05, 0.1) is 60.1 Å². The van der Waals surface area contributed by atoms with Gasteiger partial charge in [-0.05, 0) is 79.6 Å². The Labute approximate surface area is 334 Å². The first kappa shape index (κ1) is 41.2. The second-order valence-corrected chi connectivity index (χ2v) is 18.2. The SMILES string of the molecule is CCCS(=O)(=O)Cc1cc(Oc2ccc3c(c2)C2=NCCN2C=N3)ccc1F.CCCS(=O)(=O)Cl.Nc1cc(Oc2ccc3c(c2)C2=NCCN2C=N3)ccc1F. The van der Waals surface area contributed by atoms with Gasteiger partial charge in [0, 0.05) is 46.5 Å². The Bertz CT molecular complexity index is 2500. The minimum atomic E-state index is -3.35. The van der Waals surface area contributed by atoms with Gasteiger partial charge in [0.2, 0.25) is 9.05 Å². The highest BCUT2D eigenvalue weighted by Crippen LogP contribution is 2.34. The molecular formula is C39H40ClF2N7O6S2. The monoisotopic (exact) mass is 839 g/mol. The number of nitrogen functional groups attached to an aromatic ring is 1. The van der Waals surface area contributed by atoms with E-state index in [0.717, 1.165) is 60.4 Å². The van der Waals surface area contributed by atoms with Gasteiger partial charge in [-0.2, -0.15) is 0 Å². The molecule has 0 radical (unpaired) electrons. The molecule has 57 heavy (non-hydrogen) atoms. The summed E-state index contributed by atoms with van der Waals surface area (Å²) in [7, 11) is -1.75. The van der Waals surface area contributed by atoms with Crippen molar-refractivity contribution in [3.05, 3.63) is 101 Å². The number of anilines is 1. The Morgan fingerprint density at radius 1 is 0.684 bits per heavy atom. The van der Waals surface area contributed by atoms with E-state index in [0.29, 0.717) is 35.8 Å². The molecule has 0 unspecified atom stereocenters. The molecule has 0 bridgehead atoms. The van der Waals surface area contributed by atoms with Crippen molar-refractivity contribution in [2.24, 2.45) is 20.0 Å². The highest BCUT2D eigenvalue weighted by Gasteiger charge is 2.25. The van der Waals surface area contributed by atoms with Crippen LogP contribution in [0.15, 0.2) is 92.8 Å². The fraction of sp³-hybridized carbons (Fsp3) is 0.282. The third-order valence-corrected chi connectivity index (χ3v) is 11.8. The van der Waals surface area contributed by atoms with E-state index < -0.39 is 30.5 Å². The van der Waals surface area contributed by atoms with Crippen molar-refractivity contribution < 1.29 is 35.1 Å². The summed E-state index contributed by atoms with van der Waals surface area (Å²) in [6.07, 6.45) is 4.66. The fourth-order valence-corrected chi connectivity index (χ4v) is 8.49. The summed E-state index contributed by atoms with van der Waals surface area (Å²) in [6, 6.07) is 19.5. The summed E-state index contributed by atoms with van der Waals surface area (Å²) in [5, 5.41) is 0. The highest BCUT2D eigenvalue weighted by atomic mass is 35.7. The fourth-order valence-electron chi connectivity index (χ4n) is 6.08. The van der Waals surface area contributed by atoms with E-state index >= 15 is 0 Å². The van der Waals surface area contributed by atoms with E-state index in [1.807, 2.05) is 40.1 Å². The molecule has 0 aromatic heterocycles. The van der Waals surface area contributed by atoms with Crippen molar-refractivity contribution in [1.82, 2.24) is 9.80 Å². The first-order valence-corrected chi connectivity index (χ1v) is 22.3. The Hall–Kier alpha value is -5.39. The number of hydrogen-bond donors (Lipinski definition) is 1. The van der Waals surface area contributed by atoms with E-state index in [1.165, 1.54) is 30.3 Å². The molecule has 0 saturated carbocycles. The van der Waals surface area contributed by atoms with Crippen LogP contribution in [0.1, 0.15) is 43.4 Å².